The van der Waals surface area contributed by atoms with Crippen LogP contribution in [0, 0.1) is 0 Å². The predicted octanol–water partition coefficient (Wildman–Crippen LogP) is 13.8. The highest BCUT2D eigenvalue weighted by Crippen LogP contribution is 2.14. The van der Waals surface area contributed by atoms with Crippen LogP contribution < -0.4 is 0 Å². The van der Waals surface area contributed by atoms with Gasteiger partial charge in [-0.1, -0.05) is 186 Å². The van der Waals surface area contributed by atoms with Gasteiger partial charge in [0.2, 0.25) is 0 Å². The molecule has 0 spiro atoms. The first-order chi connectivity index (χ1) is 25.5. The molecule has 0 aliphatic heterocycles. The van der Waals surface area contributed by atoms with Crippen LogP contribution in [0.4, 0.5) is 0 Å². The van der Waals surface area contributed by atoms with E-state index in [1.807, 2.05) is 0 Å². The molecule has 6 heteroatoms. The Morgan fingerprint density at radius 2 is 0.750 bits per heavy atom. The monoisotopic (exact) mass is 731 g/mol. The van der Waals surface area contributed by atoms with Gasteiger partial charge in [-0.05, 0) is 51.4 Å². The number of hydrogen-bond donors (Lipinski definition) is 0. The minimum Gasteiger partial charge on any atom is -0.462 e. The third kappa shape index (κ3) is 38.9. The molecule has 1 atom stereocenters. The summed E-state index contributed by atoms with van der Waals surface area (Å²) in [6, 6.07) is 0. The normalized spacial score (nSPS) is 12.3. The maximum atomic E-state index is 12.7. The molecule has 0 saturated carbocycles. The molecule has 0 fully saturated rings. The van der Waals surface area contributed by atoms with Gasteiger partial charge in [0.25, 0.3) is 0 Å². The Kier molecular flexibility index (Phi) is 39.5. The molecule has 0 aliphatic carbocycles. The standard InChI is InChI=1S/C46H82O6/c1-4-7-10-13-16-19-22-23-25-27-30-33-36-39-45(48)51-42-43(41-50-44(47)38-35-32-29-26-21-18-15-12-9-6-3)52-46(49)40-37-34-31-28-24-20-17-14-11-8-5-2/h7,10,16,19,23,25,43H,4-6,8-9,11-15,17-18,20-22,24,26-42H2,1-3H3/b10-7-,19-16-,25-23-. The molecule has 0 rings (SSSR count). The fourth-order valence-electron chi connectivity index (χ4n) is 6.10. The number of hydrogen-bond acceptors (Lipinski definition) is 6. The maximum Gasteiger partial charge on any atom is 0.306 e. The van der Waals surface area contributed by atoms with Gasteiger partial charge in [-0.25, -0.2) is 0 Å². The number of carbonyl (C=O) groups excluding carboxylic acids is 3. The van der Waals surface area contributed by atoms with E-state index in [-0.39, 0.29) is 31.1 Å². The molecule has 0 aromatic rings. The highest BCUT2D eigenvalue weighted by Gasteiger charge is 2.19. The quantitative estimate of drug-likeness (QED) is 0.0271. The summed E-state index contributed by atoms with van der Waals surface area (Å²) in [7, 11) is 0. The molecular weight excluding hydrogens is 648 g/mol. The zero-order chi connectivity index (χ0) is 38.0. The van der Waals surface area contributed by atoms with Crippen LogP contribution in [0.5, 0.6) is 0 Å². The third-order valence-corrected chi connectivity index (χ3v) is 9.41. The van der Waals surface area contributed by atoms with Crippen LogP contribution in [-0.4, -0.2) is 37.2 Å². The fourth-order valence-corrected chi connectivity index (χ4v) is 6.10. The molecule has 0 aromatic carbocycles. The minimum absolute atomic E-state index is 0.0785. The molecule has 0 aliphatic rings. The third-order valence-electron chi connectivity index (χ3n) is 9.41. The van der Waals surface area contributed by atoms with Crippen molar-refractivity contribution in [2.24, 2.45) is 0 Å². The Bertz CT molecular complexity index is 891. The Labute approximate surface area is 321 Å². The summed E-state index contributed by atoms with van der Waals surface area (Å²) in [6.45, 7) is 6.47. The van der Waals surface area contributed by atoms with Gasteiger partial charge in [0, 0.05) is 19.3 Å². The van der Waals surface area contributed by atoms with Crippen molar-refractivity contribution in [3.8, 4) is 0 Å². The van der Waals surface area contributed by atoms with E-state index in [2.05, 4.69) is 57.2 Å². The number of ether oxygens (including phenoxy) is 3. The van der Waals surface area contributed by atoms with Gasteiger partial charge in [-0.3, -0.25) is 14.4 Å². The van der Waals surface area contributed by atoms with Crippen molar-refractivity contribution in [2.75, 3.05) is 13.2 Å². The Balaban J connectivity index is 4.40. The zero-order valence-corrected chi connectivity index (χ0v) is 34.3. The van der Waals surface area contributed by atoms with Crippen LogP contribution >= 0.6 is 0 Å². The van der Waals surface area contributed by atoms with E-state index in [1.165, 1.54) is 96.3 Å². The molecule has 52 heavy (non-hydrogen) atoms. The van der Waals surface area contributed by atoms with Gasteiger partial charge in [-0.2, -0.15) is 0 Å². The van der Waals surface area contributed by atoms with E-state index < -0.39 is 6.10 Å². The van der Waals surface area contributed by atoms with E-state index in [0.717, 1.165) is 83.5 Å². The van der Waals surface area contributed by atoms with Crippen molar-refractivity contribution < 1.29 is 28.6 Å². The van der Waals surface area contributed by atoms with Crippen LogP contribution in [0.3, 0.4) is 0 Å². The average molecular weight is 731 g/mol. The van der Waals surface area contributed by atoms with Gasteiger partial charge < -0.3 is 14.2 Å². The molecule has 0 N–H and O–H groups in total. The molecular formula is C46H82O6. The Morgan fingerprint density at radius 1 is 0.404 bits per heavy atom. The highest BCUT2D eigenvalue weighted by atomic mass is 16.6. The summed E-state index contributed by atoms with van der Waals surface area (Å²) in [5, 5.41) is 0. The van der Waals surface area contributed by atoms with Gasteiger partial charge in [0.05, 0.1) is 0 Å². The summed E-state index contributed by atoms with van der Waals surface area (Å²) >= 11 is 0. The van der Waals surface area contributed by atoms with Crippen molar-refractivity contribution >= 4 is 17.9 Å². The summed E-state index contributed by atoms with van der Waals surface area (Å²) in [4.78, 5) is 37.6. The van der Waals surface area contributed by atoms with Gasteiger partial charge in [-0.15, -0.1) is 0 Å². The van der Waals surface area contributed by atoms with Crippen molar-refractivity contribution in [1.82, 2.24) is 0 Å². The second-order valence-electron chi connectivity index (χ2n) is 14.6. The molecule has 6 nitrogen and oxygen atoms in total. The van der Waals surface area contributed by atoms with Crippen molar-refractivity contribution in [3.63, 3.8) is 0 Å². The molecule has 302 valence electrons. The van der Waals surface area contributed by atoms with Crippen LogP contribution in [0.2, 0.25) is 0 Å². The maximum absolute atomic E-state index is 12.7. The largest absolute Gasteiger partial charge is 0.462 e. The Morgan fingerprint density at radius 3 is 1.17 bits per heavy atom. The summed E-state index contributed by atoms with van der Waals surface area (Å²) in [6.07, 6.45) is 45.5. The van der Waals surface area contributed by atoms with Crippen molar-refractivity contribution in [2.45, 2.75) is 226 Å². The first kappa shape index (κ1) is 49.6. The molecule has 0 heterocycles. The van der Waals surface area contributed by atoms with E-state index in [1.54, 1.807) is 0 Å². The van der Waals surface area contributed by atoms with Crippen molar-refractivity contribution in [1.29, 1.82) is 0 Å². The lowest BCUT2D eigenvalue weighted by atomic mass is 10.1. The molecule has 0 bridgehead atoms. The Hall–Kier alpha value is -2.37. The van der Waals surface area contributed by atoms with Crippen LogP contribution in [-0.2, 0) is 28.6 Å². The zero-order valence-electron chi connectivity index (χ0n) is 34.3. The topological polar surface area (TPSA) is 78.9 Å². The number of carbonyl (C=O) groups is 3. The SMILES string of the molecule is CC/C=C\C/C=C\C/C=C\CCCCCC(=O)OCC(COC(=O)CCCCCCCCCCCC)OC(=O)CCCCCCCCCCCCC. The second-order valence-corrected chi connectivity index (χ2v) is 14.6. The van der Waals surface area contributed by atoms with Gasteiger partial charge in [0.15, 0.2) is 6.10 Å². The highest BCUT2D eigenvalue weighted by molar-refractivity contribution is 5.71. The van der Waals surface area contributed by atoms with E-state index in [0.29, 0.717) is 19.3 Å². The van der Waals surface area contributed by atoms with E-state index >= 15 is 0 Å². The predicted molar refractivity (Wildman–Crippen MR) is 219 cm³/mol. The molecule has 0 saturated heterocycles. The lowest BCUT2D eigenvalue weighted by Crippen LogP contribution is -2.30. The number of allylic oxidation sites excluding steroid dienone is 6. The first-order valence-corrected chi connectivity index (χ1v) is 22.0. The van der Waals surface area contributed by atoms with Gasteiger partial charge in [0.1, 0.15) is 13.2 Å². The summed E-state index contributed by atoms with van der Waals surface area (Å²) in [5.74, 6) is -0.910. The van der Waals surface area contributed by atoms with Crippen molar-refractivity contribution in [3.05, 3.63) is 36.5 Å². The van der Waals surface area contributed by atoms with E-state index in [9.17, 15) is 14.4 Å². The number of unbranched alkanes of at least 4 members (excludes halogenated alkanes) is 22. The van der Waals surface area contributed by atoms with Gasteiger partial charge >= 0.3 is 17.9 Å². The fraction of sp³-hybridized carbons (Fsp3) is 0.804. The number of esters is 3. The van der Waals surface area contributed by atoms with E-state index in [4.69, 9.17) is 14.2 Å². The lowest BCUT2D eigenvalue weighted by molar-refractivity contribution is -0.167. The van der Waals surface area contributed by atoms with Crippen LogP contribution in [0.25, 0.3) is 0 Å². The lowest BCUT2D eigenvalue weighted by Gasteiger charge is -2.18. The van der Waals surface area contributed by atoms with Crippen LogP contribution in [0.15, 0.2) is 36.5 Å². The molecule has 1 unspecified atom stereocenters. The second kappa shape index (κ2) is 41.4. The average Bonchev–Trinajstić information content (AvgIpc) is 3.14. The number of rotatable bonds is 39. The molecule has 0 amide bonds. The first-order valence-electron chi connectivity index (χ1n) is 22.0. The smallest absolute Gasteiger partial charge is 0.306 e. The molecule has 0 radical (unpaired) electrons. The molecule has 0 aromatic heterocycles. The summed E-state index contributed by atoms with van der Waals surface area (Å²) < 4.78 is 16.6. The minimum atomic E-state index is -0.775. The van der Waals surface area contributed by atoms with Crippen LogP contribution in [0.1, 0.15) is 220 Å². The summed E-state index contributed by atoms with van der Waals surface area (Å²) in [5.41, 5.74) is 0.